The highest BCUT2D eigenvalue weighted by Crippen LogP contribution is 2.05. The topological polar surface area (TPSA) is 73.5 Å². The first-order valence-electron chi connectivity index (χ1n) is 7.76. The molecule has 0 bridgehead atoms. The second kappa shape index (κ2) is 11.4. The van der Waals surface area contributed by atoms with Gasteiger partial charge in [0, 0.05) is 56.6 Å². The van der Waals surface area contributed by atoms with Crippen LogP contribution in [0.5, 0.6) is 0 Å². The Balaban J connectivity index is 0.00000264. The zero-order chi connectivity index (χ0) is 15.6. The molecule has 0 aliphatic carbocycles. The number of hydrogen-bond acceptors (Lipinski definition) is 5. The minimum atomic E-state index is -0.118. The molecule has 3 N–H and O–H groups in total. The first-order valence-corrected chi connectivity index (χ1v) is 8.70. The van der Waals surface area contributed by atoms with Crippen molar-refractivity contribution in [1.29, 1.82) is 0 Å². The van der Waals surface area contributed by atoms with Gasteiger partial charge in [-0.05, 0) is 24.4 Å². The van der Waals surface area contributed by atoms with Gasteiger partial charge in [-0.15, -0.1) is 12.4 Å². The number of carbonyl (C=O) groups excluding carboxylic acids is 2. The van der Waals surface area contributed by atoms with Crippen molar-refractivity contribution in [2.24, 2.45) is 0 Å². The zero-order valence-corrected chi connectivity index (χ0v) is 14.8. The molecule has 1 saturated heterocycles. The molecule has 23 heavy (non-hydrogen) atoms. The molecule has 8 heteroatoms. The summed E-state index contributed by atoms with van der Waals surface area (Å²) in [5.41, 5.74) is 0.654. The van der Waals surface area contributed by atoms with Gasteiger partial charge in [0.25, 0.3) is 5.91 Å². The maximum absolute atomic E-state index is 11.7. The quantitative estimate of drug-likeness (QED) is 0.597. The van der Waals surface area contributed by atoms with Crippen molar-refractivity contribution in [3.05, 3.63) is 22.4 Å². The average molecular weight is 361 g/mol. The Kier molecular flexibility index (Phi) is 9.86. The van der Waals surface area contributed by atoms with E-state index in [0.29, 0.717) is 25.1 Å². The number of nitrogens with zero attached hydrogens (tertiary/aromatic N) is 1. The first-order chi connectivity index (χ1) is 10.8. The van der Waals surface area contributed by atoms with Gasteiger partial charge in [0.05, 0.1) is 0 Å². The highest BCUT2D eigenvalue weighted by atomic mass is 35.5. The van der Waals surface area contributed by atoms with Gasteiger partial charge in [-0.1, -0.05) is 0 Å². The molecular formula is C15H25ClN4O2S. The van der Waals surface area contributed by atoms with E-state index < -0.39 is 0 Å². The van der Waals surface area contributed by atoms with Crippen molar-refractivity contribution < 1.29 is 9.59 Å². The number of hydrogen-bond donors (Lipinski definition) is 3. The summed E-state index contributed by atoms with van der Waals surface area (Å²) in [5, 5.41) is 12.6. The number of halogens is 1. The molecule has 2 rings (SSSR count). The van der Waals surface area contributed by atoms with Gasteiger partial charge < -0.3 is 20.9 Å². The Morgan fingerprint density at radius 1 is 1.22 bits per heavy atom. The Bertz CT molecular complexity index is 464. The third-order valence-corrected chi connectivity index (χ3v) is 4.29. The predicted octanol–water partition coefficient (Wildman–Crippen LogP) is 0.701. The van der Waals surface area contributed by atoms with Crippen molar-refractivity contribution in [3.63, 3.8) is 0 Å². The Labute approximate surface area is 147 Å². The van der Waals surface area contributed by atoms with E-state index in [1.807, 2.05) is 5.38 Å². The molecule has 1 aromatic heterocycles. The predicted molar refractivity (Wildman–Crippen MR) is 95.5 cm³/mol. The van der Waals surface area contributed by atoms with Crippen molar-refractivity contribution in [2.45, 2.75) is 12.8 Å². The molecule has 1 aliphatic rings. The summed E-state index contributed by atoms with van der Waals surface area (Å²) in [5.74, 6) is -0.126. The highest BCUT2D eigenvalue weighted by molar-refractivity contribution is 7.08. The molecule has 1 aromatic rings. The SMILES string of the molecule is Cl.O=C(CCNC(=O)c1ccsc1)NCCCN1CCNCC1. The van der Waals surface area contributed by atoms with E-state index in [1.54, 1.807) is 11.4 Å². The molecule has 0 aromatic carbocycles. The minimum Gasteiger partial charge on any atom is -0.356 e. The molecule has 2 amide bonds. The van der Waals surface area contributed by atoms with E-state index in [4.69, 9.17) is 0 Å². The van der Waals surface area contributed by atoms with Crippen molar-refractivity contribution in [1.82, 2.24) is 20.9 Å². The maximum Gasteiger partial charge on any atom is 0.252 e. The number of nitrogens with one attached hydrogen (secondary N) is 3. The Hall–Kier alpha value is -1.15. The third-order valence-electron chi connectivity index (χ3n) is 3.60. The van der Waals surface area contributed by atoms with Crippen LogP contribution in [0, 0.1) is 0 Å². The van der Waals surface area contributed by atoms with Crippen LogP contribution in [0.15, 0.2) is 16.8 Å². The lowest BCUT2D eigenvalue weighted by atomic mass is 10.3. The summed E-state index contributed by atoms with van der Waals surface area (Å²) < 4.78 is 0. The maximum atomic E-state index is 11.7. The van der Waals surface area contributed by atoms with Gasteiger partial charge in [-0.3, -0.25) is 9.59 Å². The van der Waals surface area contributed by atoms with Crippen LogP contribution in [0.4, 0.5) is 0 Å². The molecule has 0 spiro atoms. The second-order valence-electron chi connectivity index (χ2n) is 5.31. The molecule has 0 atom stereocenters. The summed E-state index contributed by atoms with van der Waals surface area (Å²) in [4.78, 5) is 25.8. The van der Waals surface area contributed by atoms with Crippen LogP contribution in [-0.2, 0) is 4.79 Å². The van der Waals surface area contributed by atoms with Crippen LogP contribution in [-0.4, -0.2) is 62.5 Å². The summed E-state index contributed by atoms with van der Waals surface area (Å²) in [6, 6.07) is 1.77. The van der Waals surface area contributed by atoms with Crippen LogP contribution in [0.25, 0.3) is 0 Å². The lowest BCUT2D eigenvalue weighted by Crippen LogP contribution is -2.44. The number of thiophene rings is 1. The van der Waals surface area contributed by atoms with E-state index in [0.717, 1.165) is 39.1 Å². The van der Waals surface area contributed by atoms with Crippen LogP contribution < -0.4 is 16.0 Å². The largest absolute Gasteiger partial charge is 0.356 e. The van der Waals surface area contributed by atoms with Crippen molar-refractivity contribution in [3.8, 4) is 0 Å². The lowest BCUT2D eigenvalue weighted by molar-refractivity contribution is -0.120. The van der Waals surface area contributed by atoms with E-state index in [1.165, 1.54) is 11.3 Å². The minimum absolute atomic E-state index is 0. The van der Waals surface area contributed by atoms with Crippen LogP contribution in [0.3, 0.4) is 0 Å². The van der Waals surface area contributed by atoms with E-state index >= 15 is 0 Å². The average Bonchev–Trinajstić information content (AvgIpc) is 3.07. The fraction of sp³-hybridized carbons (Fsp3) is 0.600. The summed E-state index contributed by atoms with van der Waals surface area (Å²) >= 11 is 1.48. The van der Waals surface area contributed by atoms with Gasteiger partial charge in [0.1, 0.15) is 0 Å². The summed E-state index contributed by atoms with van der Waals surface area (Å²) in [6.07, 6.45) is 1.29. The third kappa shape index (κ3) is 7.78. The smallest absolute Gasteiger partial charge is 0.252 e. The first kappa shape index (κ1) is 19.9. The monoisotopic (exact) mass is 360 g/mol. The van der Waals surface area contributed by atoms with Crippen molar-refractivity contribution in [2.75, 3.05) is 45.8 Å². The lowest BCUT2D eigenvalue weighted by Gasteiger charge is -2.27. The standard InChI is InChI=1S/C15H24N4O2S.ClH/c20-14(2-5-18-15(21)13-3-11-22-12-13)17-4-1-8-19-9-6-16-7-10-19;/h3,11-12,16H,1-2,4-10H2,(H,17,20)(H,18,21);1H. The molecule has 0 unspecified atom stereocenters. The molecule has 6 nitrogen and oxygen atoms in total. The number of carbonyl (C=O) groups is 2. The number of piperazine rings is 1. The molecule has 130 valence electrons. The number of rotatable bonds is 8. The normalized spacial score (nSPS) is 14.8. The zero-order valence-electron chi connectivity index (χ0n) is 13.2. The molecule has 0 radical (unpaired) electrons. The molecular weight excluding hydrogens is 336 g/mol. The molecule has 0 saturated carbocycles. The van der Waals surface area contributed by atoms with Crippen molar-refractivity contribution >= 4 is 35.6 Å². The molecule has 2 heterocycles. The van der Waals surface area contributed by atoms with Crippen LogP contribution in [0.2, 0.25) is 0 Å². The second-order valence-corrected chi connectivity index (χ2v) is 6.09. The van der Waals surface area contributed by atoms with Crippen LogP contribution in [0.1, 0.15) is 23.2 Å². The Morgan fingerprint density at radius 3 is 2.70 bits per heavy atom. The summed E-state index contributed by atoms with van der Waals surface area (Å²) in [6.45, 7) is 6.37. The highest BCUT2D eigenvalue weighted by Gasteiger charge is 2.09. The van der Waals surface area contributed by atoms with Crippen LogP contribution >= 0.6 is 23.7 Å². The summed E-state index contributed by atoms with van der Waals surface area (Å²) in [7, 11) is 0. The van der Waals surface area contributed by atoms with Gasteiger partial charge >= 0.3 is 0 Å². The van der Waals surface area contributed by atoms with E-state index in [-0.39, 0.29) is 24.2 Å². The van der Waals surface area contributed by atoms with Gasteiger partial charge in [0.15, 0.2) is 0 Å². The molecule has 1 fully saturated rings. The molecule has 1 aliphatic heterocycles. The van der Waals surface area contributed by atoms with Gasteiger partial charge in [0.2, 0.25) is 5.91 Å². The van der Waals surface area contributed by atoms with E-state index in [9.17, 15) is 9.59 Å². The number of amides is 2. The van der Waals surface area contributed by atoms with Gasteiger partial charge in [-0.25, -0.2) is 0 Å². The fourth-order valence-electron chi connectivity index (χ4n) is 2.34. The van der Waals surface area contributed by atoms with Gasteiger partial charge in [-0.2, -0.15) is 11.3 Å². The fourth-order valence-corrected chi connectivity index (χ4v) is 2.97. The van der Waals surface area contributed by atoms with E-state index in [2.05, 4.69) is 20.9 Å². The Morgan fingerprint density at radius 2 is 2.00 bits per heavy atom.